The van der Waals surface area contributed by atoms with Crippen molar-refractivity contribution in [1.29, 1.82) is 5.26 Å². The van der Waals surface area contributed by atoms with Gasteiger partial charge in [-0.2, -0.15) is 5.26 Å². The Morgan fingerprint density at radius 3 is 3.00 bits per heavy atom. The fourth-order valence-electron chi connectivity index (χ4n) is 1.17. The van der Waals surface area contributed by atoms with Crippen LogP contribution < -0.4 is 5.32 Å². The topological polar surface area (TPSA) is 66.5 Å². The number of hydrogen-bond acceptors (Lipinski definition) is 4. The van der Waals surface area contributed by atoms with Gasteiger partial charge in [0.2, 0.25) is 0 Å². The Hall–Kier alpha value is -1.41. The number of rotatable bonds is 5. The van der Waals surface area contributed by atoms with Crippen LogP contribution in [0.4, 0.5) is 0 Å². The van der Waals surface area contributed by atoms with E-state index in [-0.39, 0.29) is 6.04 Å². The lowest BCUT2D eigenvalue weighted by Gasteiger charge is -2.07. The van der Waals surface area contributed by atoms with Crippen LogP contribution in [0, 0.1) is 11.3 Å². The summed E-state index contributed by atoms with van der Waals surface area (Å²) in [4.78, 5) is 0. The highest BCUT2D eigenvalue weighted by atomic mass is 15.2. The third-order valence-electron chi connectivity index (χ3n) is 2.11. The van der Waals surface area contributed by atoms with Gasteiger partial charge in [0.25, 0.3) is 0 Å². The maximum atomic E-state index is 8.69. The highest BCUT2D eigenvalue weighted by Crippen LogP contribution is 1.93. The molecule has 1 N–H and O–H groups in total. The molecule has 0 saturated heterocycles. The summed E-state index contributed by atoms with van der Waals surface area (Å²) in [5.41, 5.74) is 0. The quantitative estimate of drug-likeness (QED) is 0.728. The summed E-state index contributed by atoms with van der Waals surface area (Å²) in [6.07, 6.45) is 3.31. The molecule has 5 nitrogen and oxygen atoms in total. The summed E-state index contributed by atoms with van der Waals surface area (Å²) in [6, 6.07) is 2.14. The normalized spacial score (nSPS) is 12.4. The molecule has 1 heterocycles. The van der Waals surface area contributed by atoms with Gasteiger partial charge >= 0.3 is 0 Å². The number of hydrogen-bond donors (Lipinski definition) is 1. The van der Waals surface area contributed by atoms with Crippen LogP contribution in [0.5, 0.6) is 0 Å². The first-order chi connectivity index (χ1) is 6.77. The molecule has 0 fully saturated rings. The van der Waals surface area contributed by atoms with E-state index >= 15 is 0 Å². The Kier molecular flexibility index (Phi) is 4.08. The van der Waals surface area contributed by atoms with E-state index in [1.807, 2.05) is 18.5 Å². The number of nitrogens with zero attached hydrogens (tertiary/aromatic N) is 4. The van der Waals surface area contributed by atoms with Crippen molar-refractivity contribution >= 4 is 0 Å². The van der Waals surface area contributed by atoms with Crippen molar-refractivity contribution < 1.29 is 0 Å². The Balaban J connectivity index is 2.29. The standard InChI is InChI=1S/C9H15N5/c1-3-8(6-10)11-5-4-9-13-12-7-14(9)2/h7-8,11H,3-5H2,1-2H3. The molecule has 0 amide bonds. The lowest BCUT2D eigenvalue weighted by Crippen LogP contribution is -2.29. The molecule has 1 atom stereocenters. The third kappa shape index (κ3) is 2.82. The second-order valence-corrected chi connectivity index (χ2v) is 3.15. The molecule has 0 aliphatic carbocycles. The molecular weight excluding hydrogens is 178 g/mol. The van der Waals surface area contributed by atoms with Crippen molar-refractivity contribution in [2.24, 2.45) is 7.05 Å². The zero-order valence-electron chi connectivity index (χ0n) is 8.56. The molecule has 1 aromatic rings. The van der Waals surface area contributed by atoms with Crippen molar-refractivity contribution in [3.63, 3.8) is 0 Å². The largest absolute Gasteiger partial charge is 0.321 e. The first-order valence-electron chi connectivity index (χ1n) is 4.73. The summed E-state index contributed by atoms with van der Waals surface area (Å²) in [6.45, 7) is 2.75. The summed E-state index contributed by atoms with van der Waals surface area (Å²) < 4.78 is 1.88. The zero-order valence-corrected chi connectivity index (χ0v) is 8.56. The SMILES string of the molecule is CCC(C#N)NCCc1nncn1C. The van der Waals surface area contributed by atoms with Gasteiger partial charge in [-0.25, -0.2) is 0 Å². The molecule has 14 heavy (non-hydrogen) atoms. The second kappa shape index (κ2) is 5.35. The van der Waals surface area contributed by atoms with Crippen LogP contribution in [-0.4, -0.2) is 27.4 Å². The molecule has 0 spiro atoms. The van der Waals surface area contributed by atoms with E-state index in [1.165, 1.54) is 0 Å². The number of nitriles is 1. The molecule has 1 rings (SSSR count). The third-order valence-corrected chi connectivity index (χ3v) is 2.11. The molecule has 1 unspecified atom stereocenters. The minimum absolute atomic E-state index is 0.0526. The van der Waals surface area contributed by atoms with E-state index in [0.717, 1.165) is 25.2 Å². The lowest BCUT2D eigenvalue weighted by molar-refractivity contribution is 0.576. The van der Waals surface area contributed by atoms with Gasteiger partial charge in [-0.1, -0.05) is 6.92 Å². The molecule has 0 aliphatic rings. The van der Waals surface area contributed by atoms with Gasteiger partial charge in [0, 0.05) is 20.0 Å². The average Bonchev–Trinajstić information content (AvgIpc) is 2.59. The molecule has 0 aliphatic heterocycles. The second-order valence-electron chi connectivity index (χ2n) is 3.15. The molecule has 0 bridgehead atoms. The van der Waals surface area contributed by atoms with Gasteiger partial charge in [0.15, 0.2) is 0 Å². The maximum Gasteiger partial charge on any atom is 0.133 e. The summed E-state index contributed by atoms with van der Waals surface area (Å²) in [7, 11) is 1.91. The number of aromatic nitrogens is 3. The summed E-state index contributed by atoms with van der Waals surface area (Å²) in [5.74, 6) is 0.935. The van der Waals surface area contributed by atoms with Gasteiger partial charge in [-0.05, 0) is 6.42 Å². The first kappa shape index (κ1) is 10.7. The Morgan fingerprint density at radius 1 is 1.71 bits per heavy atom. The van der Waals surface area contributed by atoms with Crippen LogP contribution in [0.3, 0.4) is 0 Å². The average molecular weight is 193 g/mol. The van der Waals surface area contributed by atoms with Crippen molar-refractivity contribution in [2.75, 3.05) is 6.54 Å². The fraction of sp³-hybridized carbons (Fsp3) is 0.667. The summed E-state index contributed by atoms with van der Waals surface area (Å²) >= 11 is 0. The van der Waals surface area contributed by atoms with Gasteiger partial charge in [-0.3, -0.25) is 0 Å². The molecule has 0 aromatic carbocycles. The van der Waals surface area contributed by atoms with Gasteiger partial charge in [0.05, 0.1) is 12.1 Å². The number of aryl methyl sites for hydroxylation is 1. The Labute approximate surface area is 83.8 Å². The minimum atomic E-state index is -0.0526. The molecule has 1 aromatic heterocycles. The summed E-state index contributed by atoms with van der Waals surface area (Å²) in [5, 5.41) is 19.6. The van der Waals surface area contributed by atoms with Crippen LogP contribution in [0.15, 0.2) is 6.33 Å². The van der Waals surface area contributed by atoms with Crippen molar-refractivity contribution in [3.8, 4) is 6.07 Å². The van der Waals surface area contributed by atoms with Gasteiger partial charge < -0.3 is 9.88 Å². The van der Waals surface area contributed by atoms with Crippen LogP contribution in [0.2, 0.25) is 0 Å². The van der Waals surface area contributed by atoms with E-state index in [2.05, 4.69) is 21.6 Å². The molecule has 5 heteroatoms. The van der Waals surface area contributed by atoms with E-state index < -0.39 is 0 Å². The van der Waals surface area contributed by atoms with Crippen LogP contribution in [0.1, 0.15) is 19.2 Å². The highest BCUT2D eigenvalue weighted by Gasteiger charge is 2.04. The maximum absolute atomic E-state index is 8.69. The molecule has 76 valence electrons. The van der Waals surface area contributed by atoms with Gasteiger partial charge in [-0.15, -0.1) is 10.2 Å². The van der Waals surface area contributed by atoms with E-state index in [0.29, 0.717) is 0 Å². The van der Waals surface area contributed by atoms with Crippen molar-refractivity contribution in [3.05, 3.63) is 12.2 Å². The van der Waals surface area contributed by atoms with E-state index in [9.17, 15) is 0 Å². The molecule has 0 radical (unpaired) electrons. The lowest BCUT2D eigenvalue weighted by atomic mass is 10.2. The highest BCUT2D eigenvalue weighted by molar-refractivity contribution is 4.90. The number of nitrogens with one attached hydrogen (secondary N) is 1. The smallest absolute Gasteiger partial charge is 0.133 e. The van der Waals surface area contributed by atoms with Crippen LogP contribution in [0.25, 0.3) is 0 Å². The monoisotopic (exact) mass is 193 g/mol. The minimum Gasteiger partial charge on any atom is -0.321 e. The van der Waals surface area contributed by atoms with Crippen molar-refractivity contribution in [2.45, 2.75) is 25.8 Å². The predicted molar refractivity (Wildman–Crippen MR) is 52.4 cm³/mol. The van der Waals surface area contributed by atoms with Crippen molar-refractivity contribution in [1.82, 2.24) is 20.1 Å². The molecule has 0 saturated carbocycles. The predicted octanol–water partition coefficient (Wildman–Crippen LogP) is 0.249. The first-order valence-corrected chi connectivity index (χ1v) is 4.73. The van der Waals surface area contributed by atoms with E-state index in [4.69, 9.17) is 5.26 Å². The Morgan fingerprint density at radius 2 is 2.50 bits per heavy atom. The zero-order chi connectivity index (χ0) is 10.4. The van der Waals surface area contributed by atoms with Crippen LogP contribution >= 0.6 is 0 Å². The van der Waals surface area contributed by atoms with Gasteiger partial charge in [0.1, 0.15) is 12.2 Å². The molecular formula is C9H15N5. The van der Waals surface area contributed by atoms with Crippen LogP contribution in [-0.2, 0) is 13.5 Å². The fourth-order valence-corrected chi connectivity index (χ4v) is 1.17. The Bertz CT molecular complexity index is 311. The van der Waals surface area contributed by atoms with E-state index in [1.54, 1.807) is 6.33 Å².